The van der Waals surface area contributed by atoms with E-state index in [2.05, 4.69) is 18.8 Å². The summed E-state index contributed by atoms with van der Waals surface area (Å²) in [6, 6.07) is 19.4. The zero-order valence-electron chi connectivity index (χ0n) is 21.7. The van der Waals surface area contributed by atoms with E-state index in [1.165, 1.54) is 0 Å². The van der Waals surface area contributed by atoms with Crippen LogP contribution in [0.25, 0.3) is 22.4 Å². The van der Waals surface area contributed by atoms with Gasteiger partial charge in [0, 0.05) is 23.4 Å². The molecule has 4 rings (SSSR count). The van der Waals surface area contributed by atoms with Crippen molar-refractivity contribution in [2.75, 3.05) is 17.6 Å². The quantitative estimate of drug-likeness (QED) is 0.226. The topological polar surface area (TPSA) is 107 Å². The molecule has 8 heteroatoms. The van der Waals surface area contributed by atoms with Gasteiger partial charge >= 0.3 is 7.60 Å². The molecule has 3 aromatic carbocycles. The average Bonchev–Trinajstić information content (AvgIpc) is 3.24. The first-order valence-electron chi connectivity index (χ1n) is 12.5. The van der Waals surface area contributed by atoms with Gasteiger partial charge < -0.3 is 19.7 Å². The van der Waals surface area contributed by atoms with Gasteiger partial charge in [0.05, 0.1) is 17.2 Å². The minimum Gasteiger partial charge on any atom is -0.338 e. The molecule has 0 saturated heterocycles. The molecule has 4 aromatic rings. The number of aromatic nitrogens is 2. The normalized spacial score (nSPS) is 11.9. The first kappa shape index (κ1) is 26.8. The van der Waals surface area contributed by atoms with Crippen LogP contribution < -0.4 is 4.90 Å². The van der Waals surface area contributed by atoms with Crippen molar-refractivity contribution in [3.8, 4) is 11.4 Å². The summed E-state index contributed by atoms with van der Waals surface area (Å²) in [5, 5.41) is 0. The number of fused-ring (bicyclic) bond motifs is 1. The van der Waals surface area contributed by atoms with E-state index >= 15 is 0 Å². The number of hydrogen-bond donors (Lipinski definition) is 3. The van der Waals surface area contributed by atoms with Crippen LogP contribution in [0.2, 0.25) is 0 Å². The van der Waals surface area contributed by atoms with Gasteiger partial charge in [0.2, 0.25) is 0 Å². The second kappa shape index (κ2) is 11.0. The van der Waals surface area contributed by atoms with Gasteiger partial charge in [0.1, 0.15) is 5.82 Å². The first-order valence-corrected chi connectivity index (χ1v) is 14.3. The van der Waals surface area contributed by atoms with Crippen LogP contribution in [-0.2, 0) is 11.0 Å². The van der Waals surface area contributed by atoms with Crippen LogP contribution in [0.5, 0.6) is 0 Å². The summed E-state index contributed by atoms with van der Waals surface area (Å²) in [5.74, 6) is 1.00. The van der Waals surface area contributed by atoms with E-state index in [9.17, 15) is 9.36 Å². The van der Waals surface area contributed by atoms with Crippen LogP contribution >= 0.6 is 7.60 Å². The molecule has 0 spiro atoms. The van der Waals surface area contributed by atoms with Gasteiger partial charge in [0.25, 0.3) is 5.91 Å². The number of rotatable bonds is 9. The molecule has 194 valence electrons. The lowest BCUT2D eigenvalue weighted by Gasteiger charge is -2.25. The number of imidazole rings is 1. The smallest absolute Gasteiger partial charge is 0.325 e. The Morgan fingerprint density at radius 3 is 2.32 bits per heavy atom. The molecular weight excluding hydrogens is 485 g/mol. The Morgan fingerprint density at radius 2 is 1.70 bits per heavy atom. The van der Waals surface area contributed by atoms with E-state index in [1.807, 2.05) is 79.4 Å². The summed E-state index contributed by atoms with van der Waals surface area (Å²) < 4.78 is 11.2. The van der Waals surface area contributed by atoms with Crippen molar-refractivity contribution in [1.82, 2.24) is 9.97 Å². The predicted molar refractivity (Wildman–Crippen MR) is 149 cm³/mol. The maximum absolute atomic E-state index is 13.5. The van der Waals surface area contributed by atoms with Crippen molar-refractivity contribution in [3.63, 3.8) is 0 Å². The Kier molecular flexibility index (Phi) is 7.98. The minimum absolute atomic E-state index is 0.0510. The van der Waals surface area contributed by atoms with Crippen LogP contribution in [0.3, 0.4) is 0 Å². The summed E-state index contributed by atoms with van der Waals surface area (Å²) in [6.07, 6.45) is 0.921. The van der Waals surface area contributed by atoms with Gasteiger partial charge in [-0.05, 0) is 79.6 Å². The Morgan fingerprint density at radius 1 is 1.03 bits per heavy atom. The largest absolute Gasteiger partial charge is 0.338 e. The van der Waals surface area contributed by atoms with Gasteiger partial charge in [-0.25, -0.2) is 4.98 Å². The number of H-pyrrole nitrogens is 1. The fourth-order valence-electron chi connectivity index (χ4n) is 4.76. The molecule has 0 fully saturated rings. The first-order chi connectivity index (χ1) is 17.5. The molecule has 7 nitrogen and oxygen atoms in total. The molecule has 0 unspecified atom stereocenters. The highest BCUT2D eigenvalue weighted by Gasteiger charge is 2.20. The van der Waals surface area contributed by atoms with E-state index in [0.717, 1.165) is 44.8 Å². The number of aromatic amines is 1. The van der Waals surface area contributed by atoms with Crippen molar-refractivity contribution in [3.05, 3.63) is 82.9 Å². The second-order valence-electron chi connectivity index (χ2n) is 10.1. The standard InChI is InChI=1S/C29H34N3O4P/c1-19(2)18-32(24-10-6-5-7-11-24)29(33)23-12-13-25-26(17-23)31-28(30-25)27-20(3)15-22(16-21(27)4)9-8-14-37(34,35)36/h5-7,10-13,15-17,19H,8-9,14,18H2,1-4H3,(H,30,31)(H2,34,35,36). The zero-order chi connectivity index (χ0) is 26.7. The number of aryl methyl sites for hydroxylation is 3. The number of para-hydroxylation sites is 1. The number of amides is 1. The maximum Gasteiger partial charge on any atom is 0.325 e. The molecule has 0 radical (unpaired) electrons. The molecule has 1 aromatic heterocycles. The fourth-order valence-corrected chi connectivity index (χ4v) is 5.33. The van der Waals surface area contributed by atoms with Crippen LogP contribution in [0.15, 0.2) is 60.7 Å². The second-order valence-corrected chi connectivity index (χ2v) is 11.8. The lowest BCUT2D eigenvalue weighted by atomic mass is 9.97. The molecular formula is C29H34N3O4P. The number of anilines is 1. The van der Waals surface area contributed by atoms with E-state index in [0.29, 0.717) is 30.9 Å². The number of hydrogen-bond acceptors (Lipinski definition) is 3. The van der Waals surface area contributed by atoms with E-state index in [1.54, 1.807) is 0 Å². The summed E-state index contributed by atoms with van der Waals surface area (Å²) in [7, 11) is -3.99. The average molecular weight is 520 g/mol. The number of nitrogens with zero attached hydrogens (tertiary/aromatic N) is 2. The minimum atomic E-state index is -3.99. The van der Waals surface area contributed by atoms with E-state index < -0.39 is 7.60 Å². The molecule has 3 N–H and O–H groups in total. The van der Waals surface area contributed by atoms with Crippen molar-refractivity contribution >= 4 is 30.2 Å². The summed E-state index contributed by atoms with van der Waals surface area (Å²) in [4.78, 5) is 41.8. The number of carbonyl (C=O) groups is 1. The van der Waals surface area contributed by atoms with Crippen molar-refractivity contribution < 1.29 is 19.1 Å². The zero-order valence-corrected chi connectivity index (χ0v) is 22.6. The molecule has 0 aliphatic carbocycles. The molecule has 0 aliphatic heterocycles. The maximum atomic E-state index is 13.5. The summed E-state index contributed by atoms with van der Waals surface area (Å²) >= 11 is 0. The predicted octanol–water partition coefficient (Wildman–Crippen LogP) is 6.26. The third-order valence-corrected chi connectivity index (χ3v) is 7.23. The molecule has 1 heterocycles. The summed E-state index contributed by atoms with van der Waals surface area (Å²) in [6.45, 7) is 8.84. The van der Waals surface area contributed by atoms with Crippen LogP contribution in [0.4, 0.5) is 5.69 Å². The Bertz CT molecular complexity index is 1430. The van der Waals surface area contributed by atoms with Gasteiger partial charge in [-0.15, -0.1) is 0 Å². The van der Waals surface area contributed by atoms with Crippen molar-refractivity contribution in [2.24, 2.45) is 5.92 Å². The molecule has 37 heavy (non-hydrogen) atoms. The lowest BCUT2D eigenvalue weighted by molar-refractivity contribution is 0.0984. The third-order valence-electron chi connectivity index (χ3n) is 6.33. The van der Waals surface area contributed by atoms with Crippen molar-refractivity contribution in [2.45, 2.75) is 40.5 Å². The summed E-state index contributed by atoms with van der Waals surface area (Å²) in [5.41, 5.74) is 7.16. The van der Waals surface area contributed by atoms with Crippen LogP contribution in [-0.4, -0.2) is 38.4 Å². The Balaban J connectivity index is 1.62. The Labute approximate surface area is 217 Å². The van der Waals surface area contributed by atoms with Crippen LogP contribution in [0, 0.1) is 19.8 Å². The monoisotopic (exact) mass is 519 g/mol. The van der Waals surface area contributed by atoms with Gasteiger partial charge in [-0.3, -0.25) is 9.36 Å². The number of carbonyl (C=O) groups excluding carboxylic acids is 1. The molecule has 0 aliphatic rings. The number of benzene rings is 3. The van der Waals surface area contributed by atoms with Crippen LogP contribution in [0.1, 0.15) is 47.3 Å². The lowest BCUT2D eigenvalue weighted by Crippen LogP contribution is -2.34. The van der Waals surface area contributed by atoms with Gasteiger partial charge in [-0.1, -0.05) is 44.2 Å². The highest BCUT2D eigenvalue weighted by Crippen LogP contribution is 2.36. The highest BCUT2D eigenvalue weighted by atomic mass is 31.2. The molecule has 0 atom stereocenters. The van der Waals surface area contributed by atoms with E-state index in [4.69, 9.17) is 14.8 Å². The van der Waals surface area contributed by atoms with Crippen molar-refractivity contribution in [1.29, 1.82) is 0 Å². The SMILES string of the molecule is Cc1cc(CCCP(=O)(O)O)cc(C)c1-c1nc2ccc(C(=O)N(CC(C)C)c3ccccc3)cc2[nH]1. The Hall–Kier alpha value is -3.25. The third kappa shape index (κ3) is 6.55. The van der Waals surface area contributed by atoms with E-state index in [-0.39, 0.29) is 12.1 Å². The highest BCUT2D eigenvalue weighted by molar-refractivity contribution is 7.51. The fraction of sp³-hybridized carbons (Fsp3) is 0.310. The molecule has 0 saturated carbocycles. The molecule has 1 amide bonds. The van der Waals surface area contributed by atoms with Gasteiger partial charge in [0.15, 0.2) is 0 Å². The van der Waals surface area contributed by atoms with Gasteiger partial charge in [-0.2, -0.15) is 0 Å². The number of nitrogens with one attached hydrogen (secondary N) is 1. The molecule has 0 bridgehead atoms.